The van der Waals surface area contributed by atoms with Gasteiger partial charge in [0.1, 0.15) is 12.1 Å². The van der Waals surface area contributed by atoms with Crippen molar-refractivity contribution >= 4 is 34.7 Å². The molecule has 0 saturated carbocycles. The first-order chi connectivity index (χ1) is 12.6. The van der Waals surface area contributed by atoms with E-state index in [0.717, 1.165) is 0 Å². The molecule has 1 saturated heterocycles. The van der Waals surface area contributed by atoms with E-state index in [9.17, 15) is 10.1 Å². The molecule has 0 radical (unpaired) electrons. The van der Waals surface area contributed by atoms with Gasteiger partial charge in [0.15, 0.2) is 0 Å². The molecule has 2 aromatic rings. The molecule has 10 nitrogen and oxygen atoms in total. The van der Waals surface area contributed by atoms with Crippen molar-refractivity contribution in [3.05, 3.63) is 39.8 Å². The van der Waals surface area contributed by atoms with E-state index >= 15 is 0 Å². The summed E-state index contributed by atoms with van der Waals surface area (Å²) in [6.07, 6.45) is 2.74. The van der Waals surface area contributed by atoms with Crippen molar-refractivity contribution in [2.45, 2.75) is 0 Å². The number of pyridine rings is 1. The predicted molar refractivity (Wildman–Crippen MR) is 97.0 cm³/mol. The van der Waals surface area contributed by atoms with Crippen LogP contribution in [0.25, 0.3) is 0 Å². The lowest BCUT2D eigenvalue weighted by atomic mass is 10.3. The standard InChI is InChI=1S/C15H18ClN7O3/c16-11-1-2-12(17-9-11)20-14-13(23(25)26)15(19-10-18-14)22-5-3-21(4-6-22)7-8-24/h1-2,9-10,24H,3-8H2,(H,17,18,19,20). The summed E-state index contributed by atoms with van der Waals surface area (Å²) in [5, 5.41) is 24.0. The average molecular weight is 380 g/mol. The highest BCUT2D eigenvalue weighted by molar-refractivity contribution is 6.30. The third kappa shape index (κ3) is 4.15. The van der Waals surface area contributed by atoms with E-state index in [2.05, 4.69) is 25.2 Å². The van der Waals surface area contributed by atoms with Crippen molar-refractivity contribution in [3.63, 3.8) is 0 Å². The van der Waals surface area contributed by atoms with Gasteiger partial charge >= 0.3 is 5.69 Å². The minimum Gasteiger partial charge on any atom is -0.395 e. The first-order valence-corrected chi connectivity index (χ1v) is 8.42. The number of hydrogen-bond donors (Lipinski definition) is 2. The molecule has 2 N–H and O–H groups in total. The zero-order valence-corrected chi connectivity index (χ0v) is 14.6. The molecule has 0 spiro atoms. The molecule has 1 fully saturated rings. The number of nitrogens with one attached hydrogen (secondary N) is 1. The van der Waals surface area contributed by atoms with Crippen molar-refractivity contribution in [2.24, 2.45) is 0 Å². The minimum absolute atomic E-state index is 0.0765. The average Bonchev–Trinajstić information content (AvgIpc) is 2.64. The van der Waals surface area contributed by atoms with Crippen LogP contribution in [0.1, 0.15) is 0 Å². The first-order valence-electron chi connectivity index (χ1n) is 8.04. The summed E-state index contributed by atoms with van der Waals surface area (Å²) >= 11 is 5.81. The summed E-state index contributed by atoms with van der Waals surface area (Å²) < 4.78 is 0. The lowest BCUT2D eigenvalue weighted by molar-refractivity contribution is -0.383. The SMILES string of the molecule is O=[N+]([O-])c1c(Nc2ccc(Cl)cn2)ncnc1N1CCN(CCO)CC1. The predicted octanol–water partition coefficient (Wildman–Crippen LogP) is 1.29. The number of rotatable bonds is 6. The molecule has 0 atom stereocenters. The molecule has 2 aromatic heterocycles. The van der Waals surface area contributed by atoms with Crippen LogP contribution in [-0.2, 0) is 0 Å². The molecule has 0 amide bonds. The van der Waals surface area contributed by atoms with Crippen molar-refractivity contribution in [1.82, 2.24) is 19.9 Å². The number of aliphatic hydroxyl groups is 1. The van der Waals surface area contributed by atoms with Gasteiger partial charge in [0.05, 0.1) is 16.6 Å². The number of piperazine rings is 1. The van der Waals surface area contributed by atoms with Gasteiger partial charge in [-0.1, -0.05) is 11.6 Å². The smallest absolute Gasteiger partial charge is 0.353 e. The van der Waals surface area contributed by atoms with Crippen LogP contribution in [0.15, 0.2) is 24.7 Å². The third-order valence-electron chi connectivity index (χ3n) is 4.05. The molecule has 11 heteroatoms. The molecule has 26 heavy (non-hydrogen) atoms. The Labute approximate surface area is 154 Å². The van der Waals surface area contributed by atoms with Crippen LogP contribution < -0.4 is 10.2 Å². The van der Waals surface area contributed by atoms with Crippen molar-refractivity contribution in [3.8, 4) is 0 Å². The lowest BCUT2D eigenvalue weighted by Gasteiger charge is -2.34. The van der Waals surface area contributed by atoms with Gasteiger partial charge in [-0.3, -0.25) is 15.0 Å². The Morgan fingerprint density at radius 2 is 2.00 bits per heavy atom. The van der Waals surface area contributed by atoms with Crippen LogP contribution >= 0.6 is 11.6 Å². The zero-order chi connectivity index (χ0) is 18.5. The second kappa shape index (κ2) is 8.21. The van der Waals surface area contributed by atoms with Gasteiger partial charge in [0.2, 0.25) is 11.6 Å². The van der Waals surface area contributed by atoms with Crippen LogP contribution in [0.3, 0.4) is 0 Å². The Morgan fingerprint density at radius 1 is 1.23 bits per heavy atom. The molecule has 1 aliphatic rings. The molecular weight excluding hydrogens is 362 g/mol. The highest BCUT2D eigenvalue weighted by atomic mass is 35.5. The van der Waals surface area contributed by atoms with E-state index in [1.807, 2.05) is 4.90 Å². The summed E-state index contributed by atoms with van der Waals surface area (Å²) in [6.45, 7) is 3.24. The largest absolute Gasteiger partial charge is 0.395 e. The minimum atomic E-state index is -0.492. The number of aliphatic hydroxyl groups excluding tert-OH is 1. The van der Waals surface area contributed by atoms with Crippen molar-refractivity contribution < 1.29 is 10.0 Å². The monoisotopic (exact) mass is 379 g/mol. The number of aromatic nitrogens is 3. The van der Waals surface area contributed by atoms with Crippen molar-refractivity contribution in [2.75, 3.05) is 49.5 Å². The molecule has 138 valence electrons. The second-order valence-electron chi connectivity index (χ2n) is 5.69. The van der Waals surface area contributed by atoms with E-state index in [1.165, 1.54) is 12.5 Å². The fraction of sp³-hybridized carbons (Fsp3) is 0.400. The second-order valence-corrected chi connectivity index (χ2v) is 6.13. The molecule has 0 aliphatic carbocycles. The Kier molecular flexibility index (Phi) is 5.76. The van der Waals surface area contributed by atoms with Gasteiger partial charge in [0, 0.05) is 38.9 Å². The molecule has 0 unspecified atom stereocenters. The first kappa shape index (κ1) is 18.2. The summed E-state index contributed by atoms with van der Waals surface area (Å²) in [5.41, 5.74) is -0.195. The summed E-state index contributed by atoms with van der Waals surface area (Å²) in [7, 11) is 0. The van der Waals surface area contributed by atoms with Gasteiger partial charge in [-0.05, 0) is 12.1 Å². The van der Waals surface area contributed by atoms with E-state index in [0.29, 0.717) is 43.6 Å². The van der Waals surface area contributed by atoms with E-state index < -0.39 is 4.92 Å². The number of anilines is 3. The van der Waals surface area contributed by atoms with Gasteiger partial charge in [-0.15, -0.1) is 0 Å². The zero-order valence-electron chi connectivity index (χ0n) is 13.9. The number of nitro groups is 1. The van der Waals surface area contributed by atoms with Crippen molar-refractivity contribution in [1.29, 1.82) is 0 Å². The fourth-order valence-electron chi connectivity index (χ4n) is 2.76. The maximum absolute atomic E-state index is 11.7. The molecular formula is C15H18ClN7O3. The third-order valence-corrected chi connectivity index (χ3v) is 4.27. The number of nitrogens with zero attached hydrogens (tertiary/aromatic N) is 6. The molecule has 3 rings (SSSR count). The highest BCUT2D eigenvalue weighted by Crippen LogP contribution is 2.33. The van der Waals surface area contributed by atoms with Crippen LogP contribution in [0.4, 0.5) is 23.1 Å². The lowest BCUT2D eigenvalue weighted by Crippen LogP contribution is -2.47. The van der Waals surface area contributed by atoms with Gasteiger partial charge in [0.25, 0.3) is 0 Å². The molecule has 1 aliphatic heterocycles. The molecule has 3 heterocycles. The molecule has 0 aromatic carbocycles. The van der Waals surface area contributed by atoms with Gasteiger partial charge < -0.3 is 15.3 Å². The molecule has 0 bridgehead atoms. The maximum atomic E-state index is 11.7. The van der Waals surface area contributed by atoms with Crippen LogP contribution in [0.2, 0.25) is 5.02 Å². The number of hydrogen-bond acceptors (Lipinski definition) is 9. The normalized spacial score (nSPS) is 15.1. The quantitative estimate of drug-likeness (QED) is 0.564. The summed E-state index contributed by atoms with van der Waals surface area (Å²) in [4.78, 5) is 27.4. The topological polar surface area (TPSA) is 121 Å². The Balaban J connectivity index is 1.85. The Bertz CT molecular complexity index is 766. The number of β-amino-alcohol motifs (C(OH)–C–C–N with tert-alkyl or cyclic N) is 1. The maximum Gasteiger partial charge on any atom is 0.353 e. The van der Waals surface area contributed by atoms with Crippen LogP contribution in [0.5, 0.6) is 0 Å². The van der Waals surface area contributed by atoms with E-state index in [1.54, 1.807) is 12.1 Å². The number of halogens is 1. The fourth-order valence-corrected chi connectivity index (χ4v) is 2.87. The van der Waals surface area contributed by atoms with Crippen LogP contribution in [-0.4, -0.2) is 69.2 Å². The Morgan fingerprint density at radius 3 is 2.62 bits per heavy atom. The summed E-state index contributed by atoms with van der Waals surface area (Å²) in [5.74, 6) is 0.743. The van der Waals surface area contributed by atoms with E-state index in [4.69, 9.17) is 16.7 Å². The van der Waals surface area contributed by atoms with Gasteiger partial charge in [-0.25, -0.2) is 15.0 Å². The van der Waals surface area contributed by atoms with Crippen LogP contribution in [0, 0.1) is 10.1 Å². The van der Waals surface area contributed by atoms with E-state index in [-0.39, 0.29) is 23.9 Å². The van der Waals surface area contributed by atoms with Gasteiger partial charge in [-0.2, -0.15) is 0 Å². The summed E-state index contributed by atoms with van der Waals surface area (Å²) in [6, 6.07) is 3.24. The Hall–Kier alpha value is -2.56. The highest BCUT2D eigenvalue weighted by Gasteiger charge is 2.29.